The van der Waals surface area contributed by atoms with Gasteiger partial charge in [-0.2, -0.15) is 0 Å². The number of aryl methyl sites for hydroxylation is 1. The van der Waals surface area contributed by atoms with Gasteiger partial charge in [-0.3, -0.25) is 14.2 Å². The van der Waals surface area contributed by atoms with Crippen LogP contribution < -0.4 is 16.6 Å². The number of nitrogens with one attached hydrogen (secondary N) is 1. The lowest BCUT2D eigenvalue weighted by atomic mass is 10.1. The van der Waals surface area contributed by atoms with Crippen molar-refractivity contribution < 1.29 is 13.9 Å². The molecule has 1 amide bonds. The molecule has 0 fully saturated rings. The molecule has 0 bridgehead atoms. The number of carbonyl (C=O) groups excluding carboxylic acids is 1. The zero-order valence-electron chi connectivity index (χ0n) is 16.7. The minimum Gasteiger partial charge on any atom is -0.383 e. The van der Waals surface area contributed by atoms with Crippen LogP contribution in [0.25, 0.3) is 16.6 Å². The van der Waals surface area contributed by atoms with Gasteiger partial charge >= 0.3 is 5.69 Å². The molecule has 2 aromatic carbocycles. The van der Waals surface area contributed by atoms with E-state index in [1.165, 1.54) is 23.8 Å². The van der Waals surface area contributed by atoms with E-state index in [0.717, 1.165) is 16.2 Å². The fourth-order valence-corrected chi connectivity index (χ4v) is 3.39. The number of methoxy groups -OCH3 is 1. The molecule has 0 aliphatic carbocycles. The Morgan fingerprint density at radius 2 is 1.97 bits per heavy atom. The molecule has 0 aliphatic rings. The number of amides is 1. The third-order valence-electron chi connectivity index (χ3n) is 4.78. The quantitative estimate of drug-likeness (QED) is 0.606. The number of rotatable bonds is 6. The summed E-state index contributed by atoms with van der Waals surface area (Å²) in [7, 11) is 1.51. The molecule has 0 spiro atoms. The van der Waals surface area contributed by atoms with Crippen molar-refractivity contribution in [2.24, 2.45) is 0 Å². The average molecular weight is 434 g/mol. The molecule has 1 N–H and O–H groups in total. The number of benzene rings is 2. The molecule has 9 heteroatoms. The van der Waals surface area contributed by atoms with Crippen LogP contribution in [-0.4, -0.2) is 35.3 Å². The molecule has 3 rings (SSSR count). The molecule has 30 heavy (non-hydrogen) atoms. The van der Waals surface area contributed by atoms with E-state index < -0.39 is 29.0 Å². The minimum atomic E-state index is -0.915. The Bertz CT molecular complexity index is 1240. The SMILES string of the molecule is COCCNC(=O)[C@@H](C)n1c(=O)n(-c2ccc(F)c(Cl)c2)c(=O)c2cc(C)ccc21. The minimum absolute atomic E-state index is 0.112. The first-order chi connectivity index (χ1) is 14.3. The van der Waals surface area contributed by atoms with Gasteiger partial charge in [0.15, 0.2) is 0 Å². The number of ether oxygens (including phenoxy) is 1. The Balaban J connectivity index is 2.28. The van der Waals surface area contributed by atoms with Crippen molar-refractivity contribution >= 4 is 28.4 Å². The van der Waals surface area contributed by atoms with E-state index in [0.29, 0.717) is 12.1 Å². The predicted octanol–water partition coefficient (Wildman–Crippen LogP) is 2.58. The Kier molecular flexibility index (Phi) is 6.38. The summed E-state index contributed by atoms with van der Waals surface area (Å²) in [5.41, 5.74) is -0.0567. The highest BCUT2D eigenvalue weighted by Crippen LogP contribution is 2.20. The average Bonchev–Trinajstić information content (AvgIpc) is 2.71. The van der Waals surface area contributed by atoms with Crippen molar-refractivity contribution in [1.29, 1.82) is 0 Å². The molecule has 0 radical (unpaired) electrons. The van der Waals surface area contributed by atoms with Crippen LogP contribution in [0.15, 0.2) is 46.0 Å². The second-order valence-corrected chi connectivity index (χ2v) is 7.28. The molecular formula is C21H21ClFN3O4. The van der Waals surface area contributed by atoms with E-state index >= 15 is 0 Å². The third kappa shape index (κ3) is 4.01. The van der Waals surface area contributed by atoms with Gasteiger partial charge in [0, 0.05) is 13.7 Å². The number of carbonyl (C=O) groups is 1. The third-order valence-corrected chi connectivity index (χ3v) is 5.07. The number of halogens is 2. The highest BCUT2D eigenvalue weighted by Gasteiger charge is 2.23. The first-order valence-corrected chi connectivity index (χ1v) is 9.64. The molecule has 158 valence electrons. The molecule has 0 saturated heterocycles. The van der Waals surface area contributed by atoms with Crippen LogP contribution in [0.1, 0.15) is 18.5 Å². The monoisotopic (exact) mass is 433 g/mol. The van der Waals surface area contributed by atoms with Crippen molar-refractivity contribution in [1.82, 2.24) is 14.5 Å². The van der Waals surface area contributed by atoms with Gasteiger partial charge in [0.1, 0.15) is 11.9 Å². The van der Waals surface area contributed by atoms with Crippen LogP contribution in [-0.2, 0) is 9.53 Å². The molecule has 0 saturated carbocycles. The molecule has 0 aliphatic heterocycles. The van der Waals surface area contributed by atoms with Crippen molar-refractivity contribution in [2.45, 2.75) is 19.9 Å². The summed E-state index contributed by atoms with van der Waals surface area (Å²) in [6, 6.07) is 7.69. The number of nitrogens with zero attached hydrogens (tertiary/aromatic N) is 2. The Morgan fingerprint density at radius 1 is 1.23 bits per heavy atom. The normalized spacial score (nSPS) is 12.2. The standard InChI is InChI=1S/C21H21ClFN3O4/c1-12-4-7-18-15(10-12)20(28)26(14-5-6-17(23)16(22)11-14)21(29)25(18)13(2)19(27)24-8-9-30-3/h4-7,10-11,13H,8-9H2,1-3H3,(H,24,27)/t13-/m1/s1. The first kappa shape index (κ1) is 21.7. The summed E-state index contributed by atoms with van der Waals surface area (Å²) in [4.78, 5) is 39.1. The Labute approximate surface area is 176 Å². The number of hydrogen-bond donors (Lipinski definition) is 1. The zero-order chi connectivity index (χ0) is 22.0. The van der Waals surface area contributed by atoms with Crippen LogP contribution in [0.4, 0.5) is 4.39 Å². The highest BCUT2D eigenvalue weighted by atomic mass is 35.5. The molecule has 7 nitrogen and oxygen atoms in total. The summed E-state index contributed by atoms with van der Waals surface area (Å²) in [5, 5.41) is 2.73. The lowest BCUT2D eigenvalue weighted by molar-refractivity contribution is -0.124. The maximum atomic E-state index is 13.6. The van der Waals surface area contributed by atoms with Gasteiger partial charge in [-0.1, -0.05) is 23.2 Å². The Morgan fingerprint density at radius 3 is 2.63 bits per heavy atom. The van der Waals surface area contributed by atoms with E-state index in [2.05, 4.69) is 5.32 Å². The smallest absolute Gasteiger partial charge is 0.336 e. The topological polar surface area (TPSA) is 82.3 Å². The molecule has 1 aromatic heterocycles. The second-order valence-electron chi connectivity index (χ2n) is 6.87. The first-order valence-electron chi connectivity index (χ1n) is 9.26. The lowest BCUT2D eigenvalue weighted by Gasteiger charge is -2.20. The van der Waals surface area contributed by atoms with Gasteiger partial charge in [0.2, 0.25) is 5.91 Å². The van der Waals surface area contributed by atoms with E-state index in [-0.39, 0.29) is 22.6 Å². The van der Waals surface area contributed by atoms with E-state index in [9.17, 15) is 18.8 Å². The van der Waals surface area contributed by atoms with Crippen molar-refractivity contribution in [3.63, 3.8) is 0 Å². The maximum Gasteiger partial charge on any atom is 0.336 e. The van der Waals surface area contributed by atoms with Gasteiger partial charge in [-0.15, -0.1) is 0 Å². The van der Waals surface area contributed by atoms with Crippen LogP contribution in [0.3, 0.4) is 0 Å². The highest BCUT2D eigenvalue weighted by molar-refractivity contribution is 6.30. The van der Waals surface area contributed by atoms with Crippen LogP contribution in [0.5, 0.6) is 0 Å². The predicted molar refractivity (Wildman–Crippen MR) is 113 cm³/mol. The summed E-state index contributed by atoms with van der Waals surface area (Å²) in [6.45, 7) is 3.98. The van der Waals surface area contributed by atoms with Crippen molar-refractivity contribution in [3.05, 3.63) is 73.6 Å². The zero-order valence-corrected chi connectivity index (χ0v) is 17.5. The van der Waals surface area contributed by atoms with E-state index in [4.69, 9.17) is 16.3 Å². The van der Waals surface area contributed by atoms with Gasteiger partial charge in [0.05, 0.1) is 28.2 Å². The van der Waals surface area contributed by atoms with Crippen molar-refractivity contribution in [3.8, 4) is 5.69 Å². The number of aromatic nitrogens is 2. The molecule has 1 heterocycles. The van der Waals surface area contributed by atoms with Crippen LogP contribution >= 0.6 is 11.6 Å². The fourth-order valence-electron chi connectivity index (χ4n) is 3.22. The number of hydrogen-bond acceptors (Lipinski definition) is 4. The molecule has 3 aromatic rings. The van der Waals surface area contributed by atoms with Crippen LogP contribution in [0, 0.1) is 12.7 Å². The van der Waals surface area contributed by atoms with Gasteiger partial charge < -0.3 is 10.1 Å². The number of fused-ring (bicyclic) bond motifs is 1. The van der Waals surface area contributed by atoms with Crippen LogP contribution in [0.2, 0.25) is 5.02 Å². The molecule has 0 unspecified atom stereocenters. The maximum absolute atomic E-state index is 13.6. The lowest BCUT2D eigenvalue weighted by Crippen LogP contribution is -2.44. The fraction of sp³-hybridized carbons (Fsp3) is 0.286. The van der Waals surface area contributed by atoms with E-state index in [1.807, 2.05) is 6.92 Å². The molecule has 1 atom stereocenters. The van der Waals surface area contributed by atoms with Gasteiger partial charge in [0.25, 0.3) is 5.56 Å². The summed E-state index contributed by atoms with van der Waals surface area (Å²) in [5.74, 6) is -1.07. The summed E-state index contributed by atoms with van der Waals surface area (Å²) in [6.07, 6.45) is 0. The van der Waals surface area contributed by atoms with Gasteiger partial charge in [-0.25, -0.2) is 13.8 Å². The summed E-state index contributed by atoms with van der Waals surface area (Å²) < 4.78 is 20.7. The van der Waals surface area contributed by atoms with Gasteiger partial charge in [-0.05, 0) is 44.2 Å². The second kappa shape index (κ2) is 8.81. The van der Waals surface area contributed by atoms with E-state index in [1.54, 1.807) is 25.1 Å². The largest absolute Gasteiger partial charge is 0.383 e. The Hall–Kier alpha value is -2.97. The molecular weight excluding hydrogens is 413 g/mol. The summed E-state index contributed by atoms with van der Waals surface area (Å²) >= 11 is 5.86. The van der Waals surface area contributed by atoms with Crippen molar-refractivity contribution in [2.75, 3.05) is 20.3 Å².